The summed E-state index contributed by atoms with van der Waals surface area (Å²) in [7, 11) is 0. The first-order valence-electron chi connectivity index (χ1n) is 6.77. The average Bonchev–Trinajstić information content (AvgIpc) is 2.97. The third-order valence-electron chi connectivity index (χ3n) is 3.09. The molecule has 2 fully saturated rings. The van der Waals surface area contributed by atoms with Gasteiger partial charge in [-0.25, -0.2) is 9.59 Å². The molecule has 1 saturated heterocycles. The Kier molecular flexibility index (Phi) is 5.16. The van der Waals surface area contributed by atoms with Crippen molar-refractivity contribution in [2.75, 3.05) is 13.2 Å². The number of ketones is 2. The van der Waals surface area contributed by atoms with Gasteiger partial charge in [0.05, 0.1) is 0 Å². The SMILES string of the molecule is O=C(COCC(=O)ON1C(=O)CCC1=O)OC1C(=O)CCC1=O. The van der Waals surface area contributed by atoms with Crippen LogP contribution in [0.25, 0.3) is 0 Å². The smallest absolute Gasteiger partial charge is 0.358 e. The lowest BCUT2D eigenvalue weighted by atomic mass is 10.3. The maximum Gasteiger partial charge on any atom is 0.358 e. The summed E-state index contributed by atoms with van der Waals surface area (Å²) >= 11 is 0. The monoisotopic (exact) mass is 327 g/mol. The maximum atomic E-state index is 11.4. The van der Waals surface area contributed by atoms with Crippen LogP contribution in [-0.4, -0.2) is 59.7 Å². The van der Waals surface area contributed by atoms with Crippen molar-refractivity contribution in [2.24, 2.45) is 0 Å². The van der Waals surface area contributed by atoms with Crippen LogP contribution >= 0.6 is 0 Å². The van der Waals surface area contributed by atoms with E-state index in [1.54, 1.807) is 0 Å². The Morgan fingerprint density at radius 1 is 0.870 bits per heavy atom. The fraction of sp³-hybridized carbons (Fsp3) is 0.538. The van der Waals surface area contributed by atoms with E-state index in [1.807, 2.05) is 0 Å². The van der Waals surface area contributed by atoms with Crippen molar-refractivity contribution in [1.82, 2.24) is 5.06 Å². The molecule has 2 amide bonds. The van der Waals surface area contributed by atoms with E-state index in [0.717, 1.165) is 0 Å². The van der Waals surface area contributed by atoms with E-state index in [9.17, 15) is 28.8 Å². The number of amides is 2. The molecule has 0 atom stereocenters. The van der Waals surface area contributed by atoms with E-state index in [-0.39, 0.29) is 25.7 Å². The van der Waals surface area contributed by atoms with Gasteiger partial charge in [-0.15, -0.1) is 5.06 Å². The fourth-order valence-electron chi connectivity index (χ4n) is 1.99. The highest BCUT2D eigenvalue weighted by Gasteiger charge is 2.36. The van der Waals surface area contributed by atoms with Gasteiger partial charge in [0, 0.05) is 25.7 Å². The molecule has 0 aromatic heterocycles. The van der Waals surface area contributed by atoms with Crippen LogP contribution in [-0.2, 0) is 43.1 Å². The molecule has 0 bridgehead atoms. The third kappa shape index (κ3) is 4.19. The molecule has 1 aliphatic heterocycles. The van der Waals surface area contributed by atoms with Crippen molar-refractivity contribution in [3.63, 3.8) is 0 Å². The molecular weight excluding hydrogens is 314 g/mol. The van der Waals surface area contributed by atoms with E-state index >= 15 is 0 Å². The number of carbonyl (C=O) groups is 6. The number of rotatable bonds is 6. The van der Waals surface area contributed by atoms with Gasteiger partial charge in [-0.1, -0.05) is 0 Å². The molecule has 23 heavy (non-hydrogen) atoms. The second-order valence-corrected chi connectivity index (χ2v) is 4.84. The normalized spacial score (nSPS) is 18.7. The molecule has 10 nitrogen and oxygen atoms in total. The number of carbonyl (C=O) groups excluding carboxylic acids is 6. The molecule has 0 N–H and O–H groups in total. The first-order chi connectivity index (χ1) is 10.9. The molecule has 0 radical (unpaired) electrons. The summed E-state index contributed by atoms with van der Waals surface area (Å²) in [6.07, 6.45) is -1.42. The molecular formula is C13H13NO9. The number of imide groups is 1. The van der Waals surface area contributed by atoms with Crippen LogP contribution in [0.1, 0.15) is 25.7 Å². The summed E-state index contributed by atoms with van der Waals surface area (Å²) in [6, 6.07) is 0. The van der Waals surface area contributed by atoms with E-state index in [1.165, 1.54) is 0 Å². The predicted molar refractivity (Wildman–Crippen MR) is 67.1 cm³/mol. The molecule has 0 aromatic carbocycles. The summed E-state index contributed by atoms with van der Waals surface area (Å²) in [6.45, 7) is -1.40. The minimum Gasteiger partial charge on any atom is -0.445 e. The van der Waals surface area contributed by atoms with Gasteiger partial charge in [-0.2, -0.15) is 0 Å². The second-order valence-electron chi connectivity index (χ2n) is 4.84. The summed E-state index contributed by atoms with van der Waals surface area (Å²) in [5.74, 6) is -4.26. The summed E-state index contributed by atoms with van der Waals surface area (Å²) < 4.78 is 9.35. The van der Waals surface area contributed by atoms with E-state index < -0.39 is 54.6 Å². The van der Waals surface area contributed by atoms with Crippen molar-refractivity contribution in [3.8, 4) is 0 Å². The quantitative estimate of drug-likeness (QED) is 0.323. The van der Waals surface area contributed by atoms with Crippen molar-refractivity contribution in [1.29, 1.82) is 0 Å². The zero-order valence-corrected chi connectivity index (χ0v) is 11.9. The Hall–Kier alpha value is -2.62. The zero-order valence-electron chi connectivity index (χ0n) is 11.9. The highest BCUT2D eigenvalue weighted by molar-refractivity contribution is 6.12. The largest absolute Gasteiger partial charge is 0.445 e. The van der Waals surface area contributed by atoms with Gasteiger partial charge in [0.2, 0.25) is 6.10 Å². The Balaban J connectivity index is 1.68. The highest BCUT2D eigenvalue weighted by atomic mass is 16.7. The van der Waals surface area contributed by atoms with Crippen LogP contribution in [0.5, 0.6) is 0 Å². The zero-order chi connectivity index (χ0) is 17.0. The first kappa shape index (κ1) is 16.7. The molecule has 0 unspecified atom stereocenters. The summed E-state index contributed by atoms with van der Waals surface area (Å²) in [5.41, 5.74) is 0. The standard InChI is InChI=1S/C13H13NO9/c15-7-1-2-8(16)13(7)22-11(19)5-21-6-12(20)23-14-9(17)3-4-10(14)18/h13H,1-6H2. The number of hydrogen-bond donors (Lipinski definition) is 0. The van der Waals surface area contributed by atoms with E-state index in [4.69, 9.17) is 4.74 Å². The number of hydrogen-bond acceptors (Lipinski definition) is 9. The molecule has 0 aromatic rings. The van der Waals surface area contributed by atoms with Crippen LogP contribution in [0.2, 0.25) is 0 Å². The van der Waals surface area contributed by atoms with Gasteiger partial charge in [0.1, 0.15) is 13.2 Å². The number of esters is 1. The van der Waals surface area contributed by atoms with Crippen LogP contribution in [0.15, 0.2) is 0 Å². The molecule has 1 aliphatic carbocycles. The molecule has 1 saturated carbocycles. The Labute approximate surface area is 129 Å². The third-order valence-corrected chi connectivity index (χ3v) is 3.09. The lowest BCUT2D eigenvalue weighted by molar-refractivity contribution is -0.200. The lowest BCUT2D eigenvalue weighted by Gasteiger charge is -2.12. The Bertz CT molecular complexity index is 500. The van der Waals surface area contributed by atoms with Gasteiger partial charge in [-0.3, -0.25) is 19.2 Å². The van der Waals surface area contributed by atoms with Crippen LogP contribution in [0.3, 0.4) is 0 Å². The number of ether oxygens (including phenoxy) is 2. The van der Waals surface area contributed by atoms with Crippen LogP contribution < -0.4 is 0 Å². The van der Waals surface area contributed by atoms with Crippen molar-refractivity contribution >= 4 is 35.3 Å². The van der Waals surface area contributed by atoms with Gasteiger partial charge >= 0.3 is 11.9 Å². The summed E-state index contributed by atoms with van der Waals surface area (Å²) in [5, 5.41) is 0.347. The number of Topliss-reactive ketones (excluding diaryl/α,β-unsaturated/α-hetero) is 2. The van der Waals surface area contributed by atoms with Gasteiger partial charge in [-0.05, 0) is 0 Å². The molecule has 1 heterocycles. The first-order valence-corrected chi connectivity index (χ1v) is 6.77. The van der Waals surface area contributed by atoms with Crippen molar-refractivity contribution < 1.29 is 43.1 Å². The molecule has 0 spiro atoms. The van der Waals surface area contributed by atoms with Gasteiger partial charge < -0.3 is 14.3 Å². The Morgan fingerprint density at radius 2 is 1.39 bits per heavy atom. The minimum atomic E-state index is -1.40. The Morgan fingerprint density at radius 3 is 1.96 bits per heavy atom. The highest BCUT2D eigenvalue weighted by Crippen LogP contribution is 2.14. The van der Waals surface area contributed by atoms with Crippen LogP contribution in [0.4, 0.5) is 0 Å². The molecule has 2 aliphatic rings. The van der Waals surface area contributed by atoms with E-state index in [2.05, 4.69) is 9.57 Å². The van der Waals surface area contributed by atoms with Crippen molar-refractivity contribution in [3.05, 3.63) is 0 Å². The molecule has 10 heteroatoms. The maximum absolute atomic E-state index is 11.4. The molecule has 124 valence electrons. The minimum absolute atomic E-state index is 0.0296. The van der Waals surface area contributed by atoms with Crippen molar-refractivity contribution in [2.45, 2.75) is 31.8 Å². The van der Waals surface area contributed by atoms with Gasteiger partial charge in [0.15, 0.2) is 11.6 Å². The number of nitrogens with zero attached hydrogens (tertiary/aromatic N) is 1. The van der Waals surface area contributed by atoms with Gasteiger partial charge in [0.25, 0.3) is 11.8 Å². The lowest BCUT2D eigenvalue weighted by Crippen LogP contribution is -2.34. The molecule has 2 rings (SSSR count). The fourth-order valence-corrected chi connectivity index (χ4v) is 1.99. The van der Waals surface area contributed by atoms with Crippen LogP contribution in [0, 0.1) is 0 Å². The van der Waals surface area contributed by atoms with E-state index in [0.29, 0.717) is 5.06 Å². The second kappa shape index (κ2) is 7.09. The average molecular weight is 327 g/mol. The number of hydroxylamine groups is 2. The summed E-state index contributed by atoms with van der Waals surface area (Å²) in [4.78, 5) is 72.2. The topological polar surface area (TPSA) is 133 Å². The predicted octanol–water partition coefficient (Wildman–Crippen LogP) is -1.55.